The molecule has 2 N–H and O–H groups in total. The minimum Gasteiger partial charge on any atom is -0.351 e. The van der Waals surface area contributed by atoms with Gasteiger partial charge in [0.05, 0.1) is 18.7 Å². The van der Waals surface area contributed by atoms with Crippen LogP contribution >= 0.6 is 0 Å². The summed E-state index contributed by atoms with van der Waals surface area (Å²) in [6.45, 7) is 3.61. The predicted molar refractivity (Wildman–Crippen MR) is 110 cm³/mol. The standard InChI is InChI=1S/C22H25F4N3O2/c1-3-10-29(14-21(31)28-19-7-5-4-6-15(19)2)13-20(30)27-12-16-8-9-17(23)11-18(16)22(24,25)26/h4-9,11H,3,10,12-14H2,1-2H3,(H,27,30)(H,28,31). The summed E-state index contributed by atoms with van der Waals surface area (Å²) in [5, 5.41) is 5.20. The molecule has 0 aliphatic heterocycles. The van der Waals surface area contributed by atoms with Crippen LogP contribution in [0, 0.1) is 12.7 Å². The van der Waals surface area contributed by atoms with Crippen molar-refractivity contribution in [3.63, 3.8) is 0 Å². The van der Waals surface area contributed by atoms with Gasteiger partial charge in [-0.05, 0) is 49.2 Å². The lowest BCUT2D eigenvalue weighted by molar-refractivity contribution is -0.138. The Morgan fingerprint density at radius 2 is 1.71 bits per heavy atom. The molecule has 0 saturated carbocycles. The van der Waals surface area contributed by atoms with Crippen molar-refractivity contribution in [2.45, 2.75) is 33.0 Å². The molecule has 2 aromatic carbocycles. The van der Waals surface area contributed by atoms with Gasteiger partial charge in [0.2, 0.25) is 11.8 Å². The van der Waals surface area contributed by atoms with E-state index in [-0.39, 0.29) is 24.6 Å². The minimum atomic E-state index is -4.73. The van der Waals surface area contributed by atoms with Crippen LogP contribution in [0.25, 0.3) is 0 Å². The van der Waals surface area contributed by atoms with Crippen LogP contribution in [0.5, 0.6) is 0 Å². The predicted octanol–water partition coefficient (Wildman–Crippen LogP) is 4.12. The Morgan fingerprint density at radius 3 is 2.35 bits per heavy atom. The van der Waals surface area contributed by atoms with Crippen LogP contribution in [0.15, 0.2) is 42.5 Å². The first-order valence-corrected chi connectivity index (χ1v) is 9.80. The summed E-state index contributed by atoms with van der Waals surface area (Å²) in [5.74, 6) is -1.83. The maximum Gasteiger partial charge on any atom is 0.416 e. The fourth-order valence-electron chi connectivity index (χ4n) is 3.06. The zero-order valence-electron chi connectivity index (χ0n) is 17.4. The largest absolute Gasteiger partial charge is 0.416 e. The third-order valence-electron chi connectivity index (χ3n) is 4.55. The van der Waals surface area contributed by atoms with Crippen LogP contribution < -0.4 is 10.6 Å². The van der Waals surface area contributed by atoms with Crippen molar-refractivity contribution < 1.29 is 27.2 Å². The van der Waals surface area contributed by atoms with E-state index in [2.05, 4.69) is 10.6 Å². The minimum absolute atomic E-state index is 0.0417. The van der Waals surface area contributed by atoms with Crippen LogP contribution in [-0.4, -0.2) is 36.3 Å². The van der Waals surface area contributed by atoms with Gasteiger partial charge in [-0.1, -0.05) is 31.2 Å². The Kier molecular flexibility index (Phi) is 8.56. The van der Waals surface area contributed by atoms with E-state index < -0.39 is 30.0 Å². The number of alkyl halides is 3. The van der Waals surface area contributed by atoms with Gasteiger partial charge in [0.15, 0.2) is 0 Å². The number of para-hydroxylation sites is 1. The van der Waals surface area contributed by atoms with Crippen LogP contribution in [-0.2, 0) is 22.3 Å². The number of carbonyl (C=O) groups is 2. The SMILES string of the molecule is CCCN(CC(=O)NCc1ccc(F)cc1C(F)(F)F)CC(=O)Nc1ccccc1C. The van der Waals surface area contributed by atoms with E-state index in [1.807, 2.05) is 26.0 Å². The van der Waals surface area contributed by atoms with Gasteiger partial charge < -0.3 is 10.6 Å². The first kappa shape index (κ1) is 24.3. The first-order valence-electron chi connectivity index (χ1n) is 9.80. The molecule has 5 nitrogen and oxygen atoms in total. The third kappa shape index (κ3) is 7.67. The van der Waals surface area contributed by atoms with Crippen molar-refractivity contribution in [2.75, 3.05) is 25.0 Å². The van der Waals surface area contributed by atoms with Crippen molar-refractivity contribution in [3.8, 4) is 0 Å². The molecule has 2 amide bonds. The summed E-state index contributed by atoms with van der Waals surface area (Å²) in [6, 6.07) is 9.59. The lowest BCUT2D eigenvalue weighted by atomic mass is 10.1. The van der Waals surface area contributed by atoms with Gasteiger partial charge in [-0.15, -0.1) is 0 Å². The van der Waals surface area contributed by atoms with Gasteiger partial charge in [-0.3, -0.25) is 14.5 Å². The van der Waals surface area contributed by atoms with Crippen molar-refractivity contribution >= 4 is 17.5 Å². The number of carbonyl (C=O) groups excluding carboxylic acids is 2. The van der Waals surface area contributed by atoms with Crippen molar-refractivity contribution in [1.29, 1.82) is 0 Å². The number of rotatable bonds is 9. The molecule has 0 fully saturated rings. The molecule has 0 unspecified atom stereocenters. The Hall–Kier alpha value is -2.94. The second-order valence-electron chi connectivity index (χ2n) is 7.15. The van der Waals surface area contributed by atoms with Crippen molar-refractivity contribution in [2.24, 2.45) is 0 Å². The van der Waals surface area contributed by atoms with Crippen LogP contribution in [0.4, 0.5) is 23.2 Å². The summed E-state index contributed by atoms with van der Waals surface area (Å²) >= 11 is 0. The number of nitrogens with zero attached hydrogens (tertiary/aromatic N) is 1. The Balaban J connectivity index is 1.95. The second-order valence-corrected chi connectivity index (χ2v) is 7.15. The van der Waals surface area contributed by atoms with Crippen LogP contribution in [0.2, 0.25) is 0 Å². The van der Waals surface area contributed by atoms with E-state index in [0.29, 0.717) is 24.7 Å². The lowest BCUT2D eigenvalue weighted by Crippen LogP contribution is -2.41. The highest BCUT2D eigenvalue weighted by molar-refractivity contribution is 5.93. The first-order chi connectivity index (χ1) is 14.6. The van der Waals surface area contributed by atoms with Gasteiger partial charge in [-0.25, -0.2) is 4.39 Å². The van der Waals surface area contributed by atoms with Gasteiger partial charge in [-0.2, -0.15) is 13.2 Å². The molecule has 2 rings (SSSR count). The summed E-state index contributed by atoms with van der Waals surface area (Å²) < 4.78 is 52.5. The quantitative estimate of drug-likeness (QED) is 0.578. The van der Waals surface area contributed by atoms with E-state index in [9.17, 15) is 27.2 Å². The molecule has 0 aromatic heterocycles. The Labute approximate surface area is 178 Å². The van der Waals surface area contributed by atoms with Crippen molar-refractivity contribution in [1.82, 2.24) is 10.2 Å². The number of aryl methyl sites for hydroxylation is 1. The molecule has 0 aliphatic rings. The molecule has 0 saturated heterocycles. The molecule has 2 aromatic rings. The maximum absolute atomic E-state index is 13.2. The number of anilines is 1. The van der Waals surface area contributed by atoms with Crippen molar-refractivity contribution in [3.05, 3.63) is 65.0 Å². The van der Waals surface area contributed by atoms with E-state index in [1.165, 1.54) is 0 Å². The highest BCUT2D eigenvalue weighted by Crippen LogP contribution is 2.32. The van der Waals surface area contributed by atoms with Gasteiger partial charge in [0.25, 0.3) is 0 Å². The van der Waals surface area contributed by atoms with E-state index >= 15 is 0 Å². The van der Waals surface area contributed by atoms with Gasteiger partial charge in [0, 0.05) is 12.2 Å². The Morgan fingerprint density at radius 1 is 1.03 bits per heavy atom. The van der Waals surface area contributed by atoms with Crippen LogP contribution in [0.3, 0.4) is 0 Å². The number of hydrogen-bond donors (Lipinski definition) is 2. The number of halogens is 4. The Bertz CT molecular complexity index is 916. The van der Waals surface area contributed by atoms with E-state index in [0.717, 1.165) is 17.7 Å². The smallest absolute Gasteiger partial charge is 0.351 e. The molecule has 0 bridgehead atoms. The lowest BCUT2D eigenvalue weighted by Gasteiger charge is -2.21. The molecular formula is C22H25F4N3O2. The zero-order valence-corrected chi connectivity index (χ0v) is 17.4. The molecule has 0 aliphatic carbocycles. The zero-order chi connectivity index (χ0) is 23.0. The molecule has 0 heterocycles. The molecule has 0 spiro atoms. The molecule has 0 atom stereocenters. The number of amides is 2. The fourth-order valence-corrected chi connectivity index (χ4v) is 3.06. The van der Waals surface area contributed by atoms with Gasteiger partial charge in [0.1, 0.15) is 5.82 Å². The monoisotopic (exact) mass is 439 g/mol. The van der Waals surface area contributed by atoms with Crippen LogP contribution in [0.1, 0.15) is 30.0 Å². The number of nitrogens with one attached hydrogen (secondary N) is 2. The second kappa shape index (κ2) is 10.9. The summed E-state index contributed by atoms with van der Waals surface area (Å²) in [6.07, 6.45) is -4.05. The highest BCUT2D eigenvalue weighted by atomic mass is 19.4. The molecule has 0 radical (unpaired) electrons. The third-order valence-corrected chi connectivity index (χ3v) is 4.55. The fraction of sp³-hybridized carbons (Fsp3) is 0.364. The highest BCUT2D eigenvalue weighted by Gasteiger charge is 2.33. The topological polar surface area (TPSA) is 61.4 Å². The average molecular weight is 439 g/mol. The number of hydrogen-bond acceptors (Lipinski definition) is 3. The normalized spacial score (nSPS) is 11.5. The summed E-state index contributed by atoms with van der Waals surface area (Å²) in [7, 11) is 0. The number of benzene rings is 2. The molecular weight excluding hydrogens is 414 g/mol. The molecule has 31 heavy (non-hydrogen) atoms. The maximum atomic E-state index is 13.2. The average Bonchev–Trinajstić information content (AvgIpc) is 2.68. The molecule has 168 valence electrons. The summed E-state index contributed by atoms with van der Waals surface area (Å²) in [5.41, 5.74) is 0.206. The van der Waals surface area contributed by atoms with Gasteiger partial charge >= 0.3 is 6.18 Å². The summed E-state index contributed by atoms with van der Waals surface area (Å²) in [4.78, 5) is 26.2. The molecule has 9 heteroatoms. The van der Waals surface area contributed by atoms with E-state index in [4.69, 9.17) is 0 Å². The van der Waals surface area contributed by atoms with E-state index in [1.54, 1.807) is 17.0 Å².